The van der Waals surface area contributed by atoms with Crippen LogP contribution in [0.3, 0.4) is 0 Å². The van der Waals surface area contributed by atoms with Gasteiger partial charge < -0.3 is 5.32 Å². The molecular weight excluding hydrogens is 334 g/mol. The first kappa shape index (κ1) is 22.5. The van der Waals surface area contributed by atoms with Crippen LogP contribution in [0, 0.1) is 0 Å². The largest absolute Gasteiger partial charge is 0.321 e. The molecule has 1 N–H and O–H groups in total. The van der Waals surface area contributed by atoms with Gasteiger partial charge in [0.1, 0.15) is 5.15 Å². The third-order valence-corrected chi connectivity index (χ3v) is 3.12. The summed E-state index contributed by atoms with van der Waals surface area (Å²) in [6.07, 6.45) is 6.49. The van der Waals surface area contributed by atoms with Gasteiger partial charge in [-0.25, -0.2) is 4.98 Å². The lowest BCUT2D eigenvalue weighted by Gasteiger charge is -2.12. The Bertz CT molecular complexity index is 711. The maximum absolute atomic E-state index is 12.3. The lowest BCUT2D eigenvalue weighted by Crippen LogP contribution is -2.25. The number of carbonyl (C=O) groups excluding carboxylic acids is 1. The summed E-state index contributed by atoms with van der Waals surface area (Å²) in [5.74, 6) is -0.368. The minimum atomic E-state index is -0.368. The van der Waals surface area contributed by atoms with E-state index in [0.717, 1.165) is 5.57 Å². The molecule has 4 nitrogen and oxygen atoms in total. The quantitative estimate of drug-likeness (QED) is 0.414. The summed E-state index contributed by atoms with van der Waals surface area (Å²) in [6.45, 7) is 17.4. The summed E-state index contributed by atoms with van der Waals surface area (Å²) in [6, 6.07) is 3.25. The highest BCUT2D eigenvalue weighted by molar-refractivity contribution is 6.32. The van der Waals surface area contributed by atoms with Gasteiger partial charge in [-0.05, 0) is 39.0 Å². The lowest BCUT2D eigenvalue weighted by molar-refractivity contribution is 0.0966. The van der Waals surface area contributed by atoms with Crippen LogP contribution in [0.5, 0.6) is 0 Å². The van der Waals surface area contributed by atoms with Gasteiger partial charge in [0.05, 0.1) is 5.56 Å². The zero-order valence-electron chi connectivity index (χ0n) is 15.6. The zero-order valence-corrected chi connectivity index (χ0v) is 16.3. The van der Waals surface area contributed by atoms with Crippen LogP contribution < -0.4 is 5.32 Å². The van der Waals surface area contributed by atoms with E-state index in [9.17, 15) is 4.79 Å². The van der Waals surface area contributed by atoms with Crippen molar-refractivity contribution in [2.45, 2.75) is 34.6 Å². The minimum absolute atomic E-state index is 0.142. The van der Waals surface area contributed by atoms with Crippen molar-refractivity contribution in [1.82, 2.24) is 10.3 Å². The SMILES string of the molecule is C=C/C=C(/NC(=O)c1cccnc1Cl)C(=C)C(C)=NC=C(C)C.CC. The van der Waals surface area contributed by atoms with E-state index < -0.39 is 0 Å². The molecule has 0 radical (unpaired) electrons. The molecule has 1 rings (SSSR count). The van der Waals surface area contributed by atoms with E-state index in [0.29, 0.717) is 17.0 Å². The molecule has 1 heterocycles. The second-order valence-corrected chi connectivity index (χ2v) is 5.37. The maximum Gasteiger partial charge on any atom is 0.258 e. The van der Waals surface area contributed by atoms with Gasteiger partial charge in [0.15, 0.2) is 0 Å². The molecule has 0 aliphatic heterocycles. The van der Waals surface area contributed by atoms with Gasteiger partial charge in [-0.3, -0.25) is 9.79 Å². The molecule has 0 unspecified atom stereocenters. The first-order chi connectivity index (χ1) is 11.9. The van der Waals surface area contributed by atoms with Crippen LogP contribution in [0.1, 0.15) is 45.0 Å². The smallest absolute Gasteiger partial charge is 0.258 e. The van der Waals surface area contributed by atoms with Crippen molar-refractivity contribution in [3.05, 3.63) is 77.4 Å². The van der Waals surface area contributed by atoms with E-state index >= 15 is 0 Å². The third-order valence-electron chi connectivity index (χ3n) is 2.81. The van der Waals surface area contributed by atoms with Crippen LogP contribution in [0.15, 0.2) is 71.7 Å². The van der Waals surface area contributed by atoms with Gasteiger partial charge in [0.25, 0.3) is 5.91 Å². The van der Waals surface area contributed by atoms with Crippen LogP contribution >= 0.6 is 11.6 Å². The Morgan fingerprint density at radius 1 is 1.32 bits per heavy atom. The molecule has 0 spiro atoms. The van der Waals surface area contributed by atoms with Crippen molar-refractivity contribution in [1.29, 1.82) is 0 Å². The van der Waals surface area contributed by atoms with Crippen molar-refractivity contribution in [3.63, 3.8) is 0 Å². The molecule has 134 valence electrons. The van der Waals surface area contributed by atoms with E-state index in [1.54, 1.807) is 30.5 Å². The first-order valence-electron chi connectivity index (χ1n) is 7.98. The second kappa shape index (κ2) is 12.0. The van der Waals surface area contributed by atoms with E-state index in [1.165, 1.54) is 6.20 Å². The van der Waals surface area contributed by atoms with Crippen LogP contribution in [-0.2, 0) is 0 Å². The Morgan fingerprint density at radius 3 is 2.48 bits per heavy atom. The average Bonchev–Trinajstić information content (AvgIpc) is 2.60. The molecule has 1 aromatic rings. The first-order valence-corrected chi connectivity index (χ1v) is 8.36. The third kappa shape index (κ3) is 7.77. The van der Waals surface area contributed by atoms with E-state index in [-0.39, 0.29) is 16.6 Å². The molecule has 25 heavy (non-hydrogen) atoms. The fourth-order valence-corrected chi connectivity index (χ4v) is 1.78. The second-order valence-electron chi connectivity index (χ2n) is 5.01. The van der Waals surface area contributed by atoms with Gasteiger partial charge in [-0.1, -0.05) is 50.3 Å². The number of amides is 1. The molecule has 0 bridgehead atoms. The average molecular weight is 360 g/mol. The van der Waals surface area contributed by atoms with E-state index in [2.05, 4.69) is 28.5 Å². The molecule has 0 aliphatic rings. The highest BCUT2D eigenvalue weighted by Crippen LogP contribution is 2.14. The van der Waals surface area contributed by atoms with E-state index in [4.69, 9.17) is 11.6 Å². The summed E-state index contributed by atoms with van der Waals surface area (Å²) in [5.41, 5.74) is 3.15. The van der Waals surface area contributed by atoms with Crippen LogP contribution in [0.2, 0.25) is 5.15 Å². The predicted molar refractivity (Wildman–Crippen MR) is 108 cm³/mol. The number of aliphatic imine (C=N–C) groups is 1. The van der Waals surface area contributed by atoms with Gasteiger partial charge in [0.2, 0.25) is 0 Å². The Balaban J connectivity index is 0.00000277. The highest BCUT2D eigenvalue weighted by atomic mass is 35.5. The number of carbonyl (C=O) groups is 1. The summed E-state index contributed by atoms with van der Waals surface area (Å²) in [4.78, 5) is 20.5. The van der Waals surface area contributed by atoms with Crippen molar-refractivity contribution in [2.24, 2.45) is 4.99 Å². The number of halogens is 1. The normalized spacial score (nSPS) is 11.0. The van der Waals surface area contributed by atoms with Crippen LogP contribution in [0.4, 0.5) is 0 Å². The fraction of sp³-hybridized carbons (Fsp3) is 0.250. The molecule has 5 heteroatoms. The number of hydrogen-bond acceptors (Lipinski definition) is 3. The van der Waals surface area contributed by atoms with Crippen molar-refractivity contribution >= 4 is 23.2 Å². The molecular formula is C20H26ClN3O. The maximum atomic E-state index is 12.3. The van der Waals surface area contributed by atoms with Crippen molar-refractivity contribution < 1.29 is 4.79 Å². The monoisotopic (exact) mass is 359 g/mol. The number of aromatic nitrogens is 1. The Morgan fingerprint density at radius 2 is 1.96 bits per heavy atom. The highest BCUT2D eigenvalue weighted by Gasteiger charge is 2.14. The number of nitrogens with one attached hydrogen (secondary N) is 1. The fourth-order valence-electron chi connectivity index (χ4n) is 1.58. The number of pyridine rings is 1. The minimum Gasteiger partial charge on any atom is -0.321 e. The van der Waals surface area contributed by atoms with Gasteiger partial charge in [-0.2, -0.15) is 0 Å². The van der Waals surface area contributed by atoms with Crippen molar-refractivity contribution in [2.75, 3.05) is 0 Å². The number of allylic oxidation sites excluding steroid dienone is 4. The number of nitrogens with zero attached hydrogens (tertiary/aromatic N) is 2. The summed E-state index contributed by atoms with van der Waals surface area (Å²) < 4.78 is 0. The topological polar surface area (TPSA) is 54.4 Å². The van der Waals surface area contributed by atoms with Gasteiger partial charge in [0, 0.05) is 29.4 Å². The molecule has 0 saturated carbocycles. The summed E-state index contributed by atoms with van der Waals surface area (Å²) >= 11 is 5.94. The number of rotatable bonds is 6. The molecule has 0 fully saturated rings. The van der Waals surface area contributed by atoms with Gasteiger partial charge in [-0.15, -0.1) is 0 Å². The lowest BCUT2D eigenvalue weighted by atomic mass is 10.1. The molecule has 0 aromatic carbocycles. The molecule has 0 atom stereocenters. The Hall–Kier alpha value is -2.46. The summed E-state index contributed by atoms with van der Waals surface area (Å²) in [5, 5.41) is 2.91. The van der Waals surface area contributed by atoms with Crippen LogP contribution in [0.25, 0.3) is 0 Å². The predicted octanol–water partition coefficient (Wildman–Crippen LogP) is 5.50. The standard InChI is InChI=1S/C18H20ClN3O.C2H6/c1-6-8-16(13(4)14(5)21-11-12(2)3)22-18(23)15-9-7-10-20-17(15)19;1-2/h6-11H,1,4H2,2-3,5H3,(H,22,23);1-2H3/b16-8+,21-14?;. The molecule has 1 amide bonds. The zero-order chi connectivity index (χ0) is 19.4. The van der Waals surface area contributed by atoms with Gasteiger partial charge >= 0.3 is 0 Å². The van der Waals surface area contributed by atoms with E-state index in [1.807, 2.05) is 34.6 Å². The number of hydrogen-bond donors (Lipinski definition) is 1. The molecule has 0 saturated heterocycles. The Kier molecular flexibility index (Phi) is 10.8. The molecule has 0 aliphatic carbocycles. The summed E-state index contributed by atoms with van der Waals surface area (Å²) in [7, 11) is 0. The Labute approximate surface area is 155 Å². The molecule has 1 aromatic heterocycles. The van der Waals surface area contributed by atoms with Crippen molar-refractivity contribution in [3.8, 4) is 0 Å². The van der Waals surface area contributed by atoms with Crippen LogP contribution in [-0.4, -0.2) is 16.6 Å².